The molecule has 2 N–H and O–H groups in total. The van der Waals surface area contributed by atoms with Gasteiger partial charge in [-0.15, -0.1) is 0 Å². The summed E-state index contributed by atoms with van der Waals surface area (Å²) in [5.41, 5.74) is -1.98. The number of halogens is 2. The van der Waals surface area contributed by atoms with Crippen molar-refractivity contribution in [1.82, 2.24) is 5.32 Å². The number of hydrogen-bond acceptors (Lipinski definition) is 2. The fraction of sp³-hybridized carbons (Fsp3) is 1.00. The number of aliphatic hydroxyl groups is 1. The predicted octanol–water partition coefficient (Wildman–Crippen LogP) is 1.78. The topological polar surface area (TPSA) is 32.3 Å². The molecule has 0 radical (unpaired) electrons. The lowest BCUT2D eigenvalue weighted by Crippen LogP contribution is -2.42. The molecule has 0 aromatic heterocycles. The zero-order valence-electron chi connectivity index (χ0n) is 8.69. The maximum Gasteiger partial charge on any atom is 0.266 e. The van der Waals surface area contributed by atoms with Crippen molar-refractivity contribution in [3.8, 4) is 0 Å². The van der Waals surface area contributed by atoms with Crippen molar-refractivity contribution in [3.05, 3.63) is 0 Å². The Hall–Kier alpha value is -0.220. The third kappa shape index (κ3) is 5.93. The van der Waals surface area contributed by atoms with Gasteiger partial charge in [0.15, 0.2) is 0 Å². The second-order valence-electron chi connectivity index (χ2n) is 4.58. The molecule has 0 aliphatic rings. The minimum absolute atomic E-state index is 0.0575. The van der Waals surface area contributed by atoms with Crippen LogP contribution < -0.4 is 5.32 Å². The van der Waals surface area contributed by atoms with Gasteiger partial charge >= 0.3 is 0 Å². The van der Waals surface area contributed by atoms with Crippen LogP contribution in [0.5, 0.6) is 0 Å². The molecule has 0 heterocycles. The van der Waals surface area contributed by atoms with E-state index in [1.54, 1.807) is 0 Å². The molecule has 0 spiro atoms. The summed E-state index contributed by atoms with van der Waals surface area (Å²) in [5, 5.41) is 12.2. The van der Waals surface area contributed by atoms with Gasteiger partial charge in [-0.2, -0.15) is 0 Å². The van der Waals surface area contributed by atoms with Crippen molar-refractivity contribution >= 4 is 0 Å². The normalized spacial score (nSPS) is 17.5. The largest absolute Gasteiger partial charge is 0.384 e. The lowest BCUT2D eigenvalue weighted by Gasteiger charge is -2.26. The van der Waals surface area contributed by atoms with E-state index < -0.39 is 12.0 Å². The van der Waals surface area contributed by atoms with E-state index in [1.165, 1.54) is 0 Å². The molecule has 4 heteroatoms. The minimum atomic E-state index is -2.69. The molecule has 0 aromatic carbocycles. The Morgan fingerprint density at radius 1 is 1.23 bits per heavy atom. The molecule has 0 saturated carbocycles. The summed E-state index contributed by atoms with van der Waals surface area (Å²) in [4.78, 5) is 0. The molecule has 0 aliphatic heterocycles. The van der Waals surface area contributed by atoms with Crippen LogP contribution in [0.1, 0.15) is 34.1 Å². The van der Waals surface area contributed by atoms with E-state index in [1.807, 2.05) is 20.8 Å². The lowest BCUT2D eigenvalue weighted by atomic mass is 10.0. The Balaban J connectivity index is 3.77. The van der Waals surface area contributed by atoms with Gasteiger partial charge in [-0.25, -0.2) is 8.78 Å². The van der Waals surface area contributed by atoms with E-state index in [2.05, 4.69) is 5.32 Å². The highest BCUT2D eigenvalue weighted by molar-refractivity contribution is 4.79. The zero-order valence-corrected chi connectivity index (χ0v) is 8.69. The van der Waals surface area contributed by atoms with Gasteiger partial charge in [0.05, 0.1) is 0 Å². The third-order valence-electron chi connectivity index (χ3n) is 1.76. The van der Waals surface area contributed by atoms with Crippen molar-refractivity contribution < 1.29 is 13.9 Å². The molecule has 13 heavy (non-hydrogen) atoms. The molecule has 0 fully saturated rings. The average molecular weight is 195 g/mol. The SMILES string of the molecule is CC(C)(C)NCCC(C)(O)C(F)F. The molecule has 0 bridgehead atoms. The van der Waals surface area contributed by atoms with Crippen LogP contribution in [0.25, 0.3) is 0 Å². The smallest absolute Gasteiger partial charge is 0.266 e. The maximum atomic E-state index is 12.2. The Kier molecular flexibility index (Phi) is 4.26. The molecule has 2 nitrogen and oxygen atoms in total. The van der Waals surface area contributed by atoms with Crippen LogP contribution in [0.3, 0.4) is 0 Å². The van der Waals surface area contributed by atoms with E-state index in [0.717, 1.165) is 6.92 Å². The highest BCUT2D eigenvalue weighted by Crippen LogP contribution is 2.18. The molecule has 0 saturated heterocycles. The van der Waals surface area contributed by atoms with Crippen LogP contribution in [0.4, 0.5) is 8.78 Å². The van der Waals surface area contributed by atoms with Gasteiger partial charge in [0.1, 0.15) is 5.60 Å². The summed E-state index contributed by atoms with van der Waals surface area (Å²) in [5.74, 6) is 0. The molecule has 1 atom stereocenters. The monoisotopic (exact) mass is 195 g/mol. The minimum Gasteiger partial charge on any atom is -0.384 e. The van der Waals surface area contributed by atoms with Gasteiger partial charge in [-0.1, -0.05) is 0 Å². The molecule has 80 valence electrons. The van der Waals surface area contributed by atoms with E-state index in [4.69, 9.17) is 0 Å². The number of hydrogen-bond donors (Lipinski definition) is 2. The first-order valence-corrected chi connectivity index (χ1v) is 4.41. The molecule has 1 unspecified atom stereocenters. The second-order valence-corrected chi connectivity index (χ2v) is 4.58. The summed E-state index contributed by atoms with van der Waals surface area (Å²) in [6, 6.07) is 0. The van der Waals surface area contributed by atoms with Crippen molar-refractivity contribution in [1.29, 1.82) is 0 Å². The number of alkyl halides is 2. The van der Waals surface area contributed by atoms with Crippen LogP contribution >= 0.6 is 0 Å². The van der Waals surface area contributed by atoms with Gasteiger partial charge in [0.2, 0.25) is 0 Å². The van der Waals surface area contributed by atoms with Gasteiger partial charge in [0, 0.05) is 5.54 Å². The van der Waals surface area contributed by atoms with E-state index in [0.29, 0.717) is 6.54 Å². The fourth-order valence-corrected chi connectivity index (χ4v) is 0.800. The Morgan fingerprint density at radius 2 is 1.69 bits per heavy atom. The summed E-state index contributed by atoms with van der Waals surface area (Å²) in [6.45, 7) is 7.39. The third-order valence-corrected chi connectivity index (χ3v) is 1.76. The average Bonchev–Trinajstić information content (AvgIpc) is 1.82. The summed E-state index contributed by atoms with van der Waals surface area (Å²) in [7, 11) is 0. The molecule has 0 aromatic rings. The summed E-state index contributed by atoms with van der Waals surface area (Å²) < 4.78 is 24.3. The number of rotatable bonds is 4. The van der Waals surface area contributed by atoms with Crippen LogP contribution in [0, 0.1) is 0 Å². The summed E-state index contributed by atoms with van der Waals surface area (Å²) in [6.07, 6.45) is -2.63. The highest BCUT2D eigenvalue weighted by atomic mass is 19.3. The predicted molar refractivity (Wildman–Crippen MR) is 49.0 cm³/mol. The van der Waals surface area contributed by atoms with Crippen LogP contribution in [0.15, 0.2) is 0 Å². The standard InChI is InChI=1S/C9H19F2NO/c1-8(2,3)12-6-5-9(4,13)7(10)11/h7,12-13H,5-6H2,1-4H3. The van der Waals surface area contributed by atoms with Crippen molar-refractivity contribution in [3.63, 3.8) is 0 Å². The van der Waals surface area contributed by atoms with Crippen molar-refractivity contribution in [2.75, 3.05) is 6.54 Å². The molecular formula is C9H19F2NO. The first-order valence-electron chi connectivity index (χ1n) is 4.41. The van der Waals surface area contributed by atoms with E-state index in [9.17, 15) is 13.9 Å². The number of nitrogens with one attached hydrogen (secondary N) is 1. The van der Waals surface area contributed by atoms with Gasteiger partial charge in [0.25, 0.3) is 6.43 Å². The van der Waals surface area contributed by atoms with Crippen LogP contribution in [-0.4, -0.2) is 29.2 Å². The molecular weight excluding hydrogens is 176 g/mol. The van der Waals surface area contributed by atoms with Gasteiger partial charge in [-0.3, -0.25) is 0 Å². The summed E-state index contributed by atoms with van der Waals surface area (Å²) >= 11 is 0. The van der Waals surface area contributed by atoms with E-state index in [-0.39, 0.29) is 12.0 Å². The van der Waals surface area contributed by atoms with E-state index >= 15 is 0 Å². The Bertz CT molecular complexity index is 152. The lowest BCUT2D eigenvalue weighted by molar-refractivity contribution is -0.0875. The van der Waals surface area contributed by atoms with Crippen LogP contribution in [-0.2, 0) is 0 Å². The highest BCUT2D eigenvalue weighted by Gasteiger charge is 2.31. The van der Waals surface area contributed by atoms with Gasteiger partial charge in [-0.05, 0) is 40.7 Å². The first kappa shape index (κ1) is 12.8. The fourth-order valence-electron chi connectivity index (χ4n) is 0.800. The maximum absolute atomic E-state index is 12.2. The Morgan fingerprint density at radius 3 is 2.00 bits per heavy atom. The second kappa shape index (κ2) is 4.33. The quantitative estimate of drug-likeness (QED) is 0.716. The first-order chi connectivity index (χ1) is 5.65. The van der Waals surface area contributed by atoms with Gasteiger partial charge < -0.3 is 10.4 Å². The zero-order chi connectivity index (χ0) is 10.7. The molecule has 0 amide bonds. The van der Waals surface area contributed by atoms with Crippen molar-refractivity contribution in [2.45, 2.75) is 51.7 Å². The van der Waals surface area contributed by atoms with Crippen molar-refractivity contribution in [2.24, 2.45) is 0 Å². The molecule has 0 rings (SSSR count). The Labute approximate surface area is 78.3 Å². The molecule has 0 aliphatic carbocycles. The van der Waals surface area contributed by atoms with Crippen LogP contribution in [0.2, 0.25) is 0 Å².